The standard InChI is InChI=1S/C38H59BN6O14/c1-9-28(39(57)58)44-35(54)25(16-20(2)3)43-37(56)32(38(6,7)8)45-36(55)26(17-23-13-11-10-12-21(23)4)42-33(52)24(14-15-30(48)49)41-34(53)27(18-31(50)51)40-29(47)19-59-22(5)46/h10-13,20,24-28,32,57-58H,9,14-19H2,1-8H3,(H,40,47)(H,41,53)(H,42,52)(H,43,56)(H,44,54)(H,45,55)(H,48,49)(H,50,51)/t24-,25-,26-,27-,28?,32+/m0/s1. The second-order valence-corrected chi connectivity index (χ2v) is 15.6. The van der Waals surface area contributed by atoms with Gasteiger partial charge in [-0.3, -0.25) is 43.2 Å². The summed E-state index contributed by atoms with van der Waals surface area (Å²) in [4.78, 5) is 115. The molecule has 6 amide bonds. The van der Waals surface area contributed by atoms with Gasteiger partial charge in [0.1, 0.15) is 30.2 Å². The summed E-state index contributed by atoms with van der Waals surface area (Å²) in [5.41, 5.74) is 0.320. The van der Waals surface area contributed by atoms with Crippen LogP contribution in [0.4, 0.5) is 0 Å². The lowest BCUT2D eigenvalue weighted by Gasteiger charge is -2.34. The Hall–Kier alpha value is -5.57. The Balaban J connectivity index is 3.55. The van der Waals surface area contributed by atoms with Crippen LogP contribution < -0.4 is 31.9 Å². The number of amides is 6. The summed E-state index contributed by atoms with van der Waals surface area (Å²) in [6.07, 6.45) is -2.00. The molecule has 0 aromatic heterocycles. The molecule has 0 bridgehead atoms. The number of carboxylic acid groups (broad SMARTS) is 2. The first kappa shape index (κ1) is 51.5. The van der Waals surface area contributed by atoms with Crippen molar-refractivity contribution in [1.29, 1.82) is 0 Å². The second kappa shape index (κ2) is 24.4. The van der Waals surface area contributed by atoms with E-state index in [4.69, 9.17) is 0 Å². The molecule has 0 spiro atoms. The van der Waals surface area contributed by atoms with Gasteiger partial charge in [0.15, 0.2) is 6.61 Å². The summed E-state index contributed by atoms with van der Waals surface area (Å²) in [5.74, 6) is -10.4. The summed E-state index contributed by atoms with van der Waals surface area (Å²) in [5, 5.41) is 52.9. The van der Waals surface area contributed by atoms with Crippen LogP contribution in [-0.4, -0.2) is 123 Å². The Morgan fingerprint density at radius 3 is 1.78 bits per heavy atom. The number of aliphatic carboxylic acids is 2. The summed E-state index contributed by atoms with van der Waals surface area (Å²) in [6.45, 7) is 12.1. The number of aryl methyl sites for hydroxylation is 1. The van der Waals surface area contributed by atoms with Crippen molar-refractivity contribution in [2.45, 2.75) is 130 Å². The number of esters is 1. The lowest BCUT2D eigenvalue weighted by atomic mass is 9.77. The van der Waals surface area contributed by atoms with E-state index in [1.807, 2.05) is 13.8 Å². The lowest BCUT2D eigenvalue weighted by molar-refractivity contribution is -0.147. The number of hydrogen-bond acceptors (Lipinski definition) is 12. The van der Waals surface area contributed by atoms with E-state index in [0.29, 0.717) is 5.56 Å². The molecule has 20 nitrogen and oxygen atoms in total. The highest BCUT2D eigenvalue weighted by Gasteiger charge is 2.38. The van der Waals surface area contributed by atoms with Crippen LogP contribution in [0.2, 0.25) is 0 Å². The van der Waals surface area contributed by atoms with Gasteiger partial charge in [-0.05, 0) is 48.6 Å². The number of nitrogens with one attached hydrogen (secondary N) is 6. The quantitative estimate of drug-likeness (QED) is 0.0435. The zero-order valence-electron chi connectivity index (χ0n) is 34.7. The summed E-state index contributed by atoms with van der Waals surface area (Å²) < 4.78 is 4.57. The SMILES string of the molecule is CCC(NC(=O)[C@H](CC(C)C)NC(=O)[C@@H](NC(=O)[C@H](Cc1ccccc1C)NC(=O)[C@H](CCC(=O)O)NC(=O)[C@H](CC(=O)O)NC(=O)COC(C)=O)C(C)(C)C)B(O)O. The minimum atomic E-state index is -1.86. The van der Waals surface area contributed by atoms with Gasteiger partial charge in [-0.25, -0.2) is 0 Å². The van der Waals surface area contributed by atoms with Crippen molar-refractivity contribution in [2.24, 2.45) is 11.3 Å². The number of carbonyl (C=O) groups excluding carboxylic acids is 7. The van der Waals surface area contributed by atoms with Gasteiger partial charge in [0.25, 0.3) is 5.91 Å². The number of benzene rings is 1. The number of hydrogen-bond donors (Lipinski definition) is 10. The van der Waals surface area contributed by atoms with Gasteiger partial charge in [-0.1, -0.05) is 65.8 Å². The van der Waals surface area contributed by atoms with Gasteiger partial charge in [0, 0.05) is 19.8 Å². The third-order valence-electron chi connectivity index (χ3n) is 8.92. The van der Waals surface area contributed by atoms with E-state index >= 15 is 0 Å². The molecule has 0 aliphatic rings. The molecule has 0 radical (unpaired) electrons. The molecule has 0 saturated carbocycles. The van der Waals surface area contributed by atoms with Crippen molar-refractivity contribution in [3.05, 3.63) is 35.4 Å². The highest BCUT2D eigenvalue weighted by Crippen LogP contribution is 2.21. The van der Waals surface area contributed by atoms with Crippen molar-refractivity contribution in [1.82, 2.24) is 31.9 Å². The minimum absolute atomic E-state index is 0.104. The number of carbonyl (C=O) groups is 9. The third-order valence-corrected chi connectivity index (χ3v) is 8.92. The normalized spacial score (nSPS) is 14.2. The van der Waals surface area contributed by atoms with Crippen LogP contribution in [0.5, 0.6) is 0 Å². The van der Waals surface area contributed by atoms with E-state index in [1.54, 1.807) is 58.9 Å². The van der Waals surface area contributed by atoms with E-state index in [-0.39, 0.29) is 25.2 Å². The van der Waals surface area contributed by atoms with E-state index in [9.17, 15) is 63.4 Å². The van der Waals surface area contributed by atoms with Gasteiger partial charge in [-0.15, -0.1) is 0 Å². The van der Waals surface area contributed by atoms with Crippen LogP contribution in [0.1, 0.15) is 91.7 Å². The zero-order chi connectivity index (χ0) is 45.2. The molecule has 59 heavy (non-hydrogen) atoms. The molecule has 328 valence electrons. The fourth-order valence-electron chi connectivity index (χ4n) is 5.68. The predicted molar refractivity (Wildman–Crippen MR) is 212 cm³/mol. The first-order valence-corrected chi connectivity index (χ1v) is 19.1. The molecule has 0 aliphatic carbocycles. The van der Waals surface area contributed by atoms with Crippen molar-refractivity contribution in [2.75, 3.05) is 6.61 Å². The van der Waals surface area contributed by atoms with Gasteiger partial charge < -0.3 is 56.9 Å². The van der Waals surface area contributed by atoms with Crippen molar-refractivity contribution < 1.29 is 68.1 Å². The summed E-state index contributed by atoms with van der Waals surface area (Å²) in [6, 6.07) is -0.530. The van der Waals surface area contributed by atoms with Crippen LogP contribution in [0.3, 0.4) is 0 Å². The first-order valence-electron chi connectivity index (χ1n) is 19.1. The highest BCUT2D eigenvalue weighted by molar-refractivity contribution is 6.43. The number of carboxylic acids is 2. The largest absolute Gasteiger partial charge is 0.481 e. The smallest absolute Gasteiger partial charge is 0.475 e. The lowest BCUT2D eigenvalue weighted by Crippen LogP contribution is -2.62. The molecule has 21 heteroatoms. The van der Waals surface area contributed by atoms with Gasteiger partial charge >= 0.3 is 25.0 Å². The average Bonchev–Trinajstić information content (AvgIpc) is 3.12. The maximum absolute atomic E-state index is 14.2. The fraction of sp³-hybridized carbons (Fsp3) is 0.605. The molecule has 0 heterocycles. The van der Waals surface area contributed by atoms with E-state index in [2.05, 4.69) is 36.6 Å². The predicted octanol–water partition coefficient (Wildman–Crippen LogP) is -1.14. The maximum atomic E-state index is 14.2. The first-order chi connectivity index (χ1) is 27.4. The Bertz CT molecular complexity index is 1670. The molecule has 10 N–H and O–H groups in total. The molecule has 0 aliphatic heterocycles. The summed E-state index contributed by atoms with van der Waals surface area (Å²) >= 11 is 0. The molecular weight excluding hydrogens is 775 g/mol. The highest BCUT2D eigenvalue weighted by atomic mass is 16.5. The Kier molecular flexibility index (Phi) is 21.3. The van der Waals surface area contributed by atoms with Crippen LogP contribution in [0, 0.1) is 18.3 Å². The molecule has 1 aromatic carbocycles. The van der Waals surface area contributed by atoms with E-state index < -0.39 is 128 Å². The fourth-order valence-corrected chi connectivity index (χ4v) is 5.68. The van der Waals surface area contributed by atoms with Crippen molar-refractivity contribution >= 4 is 60.5 Å². The third kappa shape index (κ3) is 19.2. The summed E-state index contributed by atoms with van der Waals surface area (Å²) in [7, 11) is -1.86. The molecule has 1 rings (SSSR count). The van der Waals surface area contributed by atoms with Crippen LogP contribution in [-0.2, 0) is 54.3 Å². The van der Waals surface area contributed by atoms with Crippen LogP contribution in [0.15, 0.2) is 24.3 Å². The Morgan fingerprint density at radius 1 is 0.729 bits per heavy atom. The molecule has 0 saturated heterocycles. The van der Waals surface area contributed by atoms with Crippen LogP contribution >= 0.6 is 0 Å². The molecule has 1 aromatic rings. The maximum Gasteiger partial charge on any atom is 0.475 e. The van der Waals surface area contributed by atoms with Gasteiger partial charge in [-0.2, -0.15) is 0 Å². The molecular formula is C38H59BN6O14. The van der Waals surface area contributed by atoms with E-state index in [1.165, 1.54) is 0 Å². The van der Waals surface area contributed by atoms with E-state index in [0.717, 1.165) is 12.5 Å². The van der Waals surface area contributed by atoms with Gasteiger partial charge in [0.2, 0.25) is 29.5 Å². The topological polar surface area (TPSA) is 316 Å². The molecule has 0 fully saturated rings. The average molecular weight is 835 g/mol. The van der Waals surface area contributed by atoms with Crippen LogP contribution in [0.25, 0.3) is 0 Å². The van der Waals surface area contributed by atoms with Gasteiger partial charge in [0.05, 0.1) is 12.4 Å². The minimum Gasteiger partial charge on any atom is -0.481 e. The Morgan fingerprint density at radius 2 is 1.27 bits per heavy atom. The Labute approximate surface area is 343 Å². The number of rotatable bonds is 24. The molecule has 6 atom stereocenters. The zero-order valence-corrected chi connectivity index (χ0v) is 34.7. The van der Waals surface area contributed by atoms with Crippen molar-refractivity contribution in [3.8, 4) is 0 Å². The second-order valence-electron chi connectivity index (χ2n) is 15.6. The molecule has 1 unspecified atom stereocenters. The number of ether oxygens (including phenoxy) is 1. The monoisotopic (exact) mass is 834 g/mol. The van der Waals surface area contributed by atoms with Crippen molar-refractivity contribution in [3.63, 3.8) is 0 Å².